The van der Waals surface area contributed by atoms with E-state index in [-0.39, 0.29) is 5.97 Å². The number of anilines is 1. The maximum Gasteiger partial charge on any atom is 0.306 e. The summed E-state index contributed by atoms with van der Waals surface area (Å²) in [5.41, 5.74) is 2.43. The Morgan fingerprint density at radius 3 is 3.16 bits per heavy atom. The number of aromatic nitrogens is 1. The highest BCUT2D eigenvalue weighted by molar-refractivity contribution is 9.10. The van der Waals surface area contributed by atoms with Gasteiger partial charge in [-0.1, -0.05) is 0 Å². The van der Waals surface area contributed by atoms with Crippen LogP contribution in [0.1, 0.15) is 37.7 Å². The van der Waals surface area contributed by atoms with E-state index in [9.17, 15) is 4.79 Å². The number of hydrogen-bond acceptors (Lipinski definition) is 4. The molecule has 0 radical (unpaired) electrons. The Bertz CT molecular complexity index is 506. The van der Waals surface area contributed by atoms with Gasteiger partial charge < -0.3 is 10.1 Å². The highest BCUT2D eigenvalue weighted by Gasteiger charge is 2.43. The lowest BCUT2D eigenvalue weighted by atomic mass is 9.94. The Kier molecular flexibility index (Phi) is 3.48. The minimum atomic E-state index is -0.0805. The molecule has 1 fully saturated rings. The van der Waals surface area contributed by atoms with Crippen molar-refractivity contribution in [2.75, 3.05) is 11.9 Å². The Balaban J connectivity index is 1.76. The topological polar surface area (TPSA) is 51.2 Å². The van der Waals surface area contributed by atoms with E-state index in [1.807, 2.05) is 19.3 Å². The summed E-state index contributed by atoms with van der Waals surface area (Å²) in [6, 6.07) is 0.347. The van der Waals surface area contributed by atoms with Crippen molar-refractivity contribution in [3.63, 3.8) is 0 Å². The predicted octanol–water partition coefficient (Wildman–Crippen LogP) is 3.09. The fourth-order valence-electron chi connectivity index (χ4n) is 3.36. The van der Waals surface area contributed by atoms with Gasteiger partial charge in [0.05, 0.1) is 23.2 Å². The van der Waals surface area contributed by atoms with Crippen LogP contribution in [0, 0.1) is 5.92 Å². The minimum absolute atomic E-state index is 0.0805. The summed E-state index contributed by atoms with van der Waals surface area (Å²) in [6.45, 7) is 2.31. The van der Waals surface area contributed by atoms with E-state index in [0.717, 1.165) is 23.0 Å². The van der Waals surface area contributed by atoms with Crippen molar-refractivity contribution >= 4 is 27.6 Å². The number of rotatable bonds is 3. The van der Waals surface area contributed by atoms with E-state index in [1.54, 1.807) is 0 Å². The van der Waals surface area contributed by atoms with Gasteiger partial charge in [-0.2, -0.15) is 0 Å². The highest BCUT2D eigenvalue weighted by Crippen LogP contribution is 2.50. The molecule has 1 N–H and O–H groups in total. The number of carbonyl (C=O) groups is 1. The van der Waals surface area contributed by atoms with Crippen molar-refractivity contribution in [3.05, 3.63) is 22.4 Å². The van der Waals surface area contributed by atoms with Gasteiger partial charge in [0.1, 0.15) is 0 Å². The lowest BCUT2D eigenvalue weighted by Gasteiger charge is -2.19. The van der Waals surface area contributed by atoms with Crippen LogP contribution in [0.4, 0.5) is 5.69 Å². The molecule has 0 saturated heterocycles. The van der Waals surface area contributed by atoms with E-state index in [4.69, 9.17) is 4.74 Å². The standard InChI is InChI=1S/C14H17BrN2O2/c1-2-19-12(18)5-8-3-4-9-10-6-16-7-11(15)14(10)17-13(8)9/h6-9,13,17H,2-5H2,1H3. The Hall–Kier alpha value is -1.10. The average molecular weight is 325 g/mol. The van der Waals surface area contributed by atoms with Crippen LogP contribution in [-0.4, -0.2) is 23.6 Å². The second-order valence-electron chi connectivity index (χ2n) is 5.21. The lowest BCUT2D eigenvalue weighted by molar-refractivity contribution is -0.144. The van der Waals surface area contributed by atoms with Gasteiger partial charge in [0, 0.05) is 24.4 Å². The molecule has 2 aliphatic rings. The van der Waals surface area contributed by atoms with Crippen molar-refractivity contribution in [3.8, 4) is 0 Å². The zero-order chi connectivity index (χ0) is 13.4. The molecule has 1 aromatic heterocycles. The predicted molar refractivity (Wildman–Crippen MR) is 76.1 cm³/mol. The molecule has 4 nitrogen and oxygen atoms in total. The second kappa shape index (κ2) is 5.12. The van der Waals surface area contributed by atoms with Gasteiger partial charge in [-0.25, -0.2) is 0 Å². The maximum absolute atomic E-state index is 11.7. The van der Waals surface area contributed by atoms with Crippen LogP contribution in [0.25, 0.3) is 0 Å². The molecule has 3 rings (SSSR count). The molecule has 1 saturated carbocycles. The number of nitrogens with zero attached hydrogens (tertiary/aromatic N) is 1. The van der Waals surface area contributed by atoms with E-state index in [1.165, 1.54) is 5.56 Å². The first-order valence-corrected chi connectivity index (χ1v) is 7.55. The molecule has 102 valence electrons. The molecule has 0 amide bonds. The summed E-state index contributed by atoms with van der Waals surface area (Å²) in [7, 11) is 0. The average Bonchev–Trinajstić information content (AvgIpc) is 2.92. The third-order valence-corrected chi connectivity index (χ3v) is 4.76. The van der Waals surface area contributed by atoms with E-state index >= 15 is 0 Å². The van der Waals surface area contributed by atoms with Crippen LogP contribution in [0.2, 0.25) is 0 Å². The number of nitrogens with one attached hydrogen (secondary N) is 1. The number of esters is 1. The van der Waals surface area contributed by atoms with Crippen molar-refractivity contribution in [2.24, 2.45) is 5.92 Å². The summed E-state index contributed by atoms with van der Waals surface area (Å²) in [6.07, 6.45) is 6.47. The third kappa shape index (κ3) is 2.24. The molecular weight excluding hydrogens is 308 g/mol. The molecule has 0 aromatic carbocycles. The van der Waals surface area contributed by atoms with Gasteiger partial charge >= 0.3 is 5.97 Å². The molecule has 3 atom stereocenters. The van der Waals surface area contributed by atoms with Crippen LogP contribution >= 0.6 is 15.9 Å². The third-order valence-electron chi connectivity index (χ3n) is 4.16. The zero-order valence-electron chi connectivity index (χ0n) is 10.9. The molecule has 0 bridgehead atoms. The molecule has 1 aliphatic heterocycles. The molecule has 5 heteroatoms. The smallest absolute Gasteiger partial charge is 0.306 e. The van der Waals surface area contributed by atoms with Crippen molar-refractivity contribution in [2.45, 2.75) is 38.1 Å². The van der Waals surface area contributed by atoms with Gasteiger partial charge in [-0.15, -0.1) is 0 Å². The number of carbonyl (C=O) groups excluding carboxylic acids is 1. The first kappa shape index (κ1) is 12.9. The van der Waals surface area contributed by atoms with E-state index < -0.39 is 0 Å². The van der Waals surface area contributed by atoms with Gasteiger partial charge in [0.2, 0.25) is 0 Å². The molecule has 2 heterocycles. The monoisotopic (exact) mass is 324 g/mol. The first-order valence-electron chi connectivity index (χ1n) is 6.76. The van der Waals surface area contributed by atoms with Crippen molar-refractivity contribution in [1.82, 2.24) is 4.98 Å². The van der Waals surface area contributed by atoms with Gasteiger partial charge in [-0.3, -0.25) is 9.78 Å². The van der Waals surface area contributed by atoms with Crippen LogP contribution in [0.5, 0.6) is 0 Å². The lowest BCUT2D eigenvalue weighted by Crippen LogP contribution is -2.26. The quantitative estimate of drug-likeness (QED) is 0.868. The SMILES string of the molecule is CCOC(=O)CC1CCC2c3cncc(Br)c3NC12. The summed E-state index contributed by atoms with van der Waals surface area (Å²) in [5, 5.41) is 3.57. The first-order chi connectivity index (χ1) is 9.20. The second-order valence-corrected chi connectivity index (χ2v) is 6.06. The van der Waals surface area contributed by atoms with Gasteiger partial charge in [-0.05, 0) is 47.2 Å². The van der Waals surface area contributed by atoms with Gasteiger partial charge in [0.25, 0.3) is 0 Å². The van der Waals surface area contributed by atoms with Crippen LogP contribution < -0.4 is 5.32 Å². The van der Waals surface area contributed by atoms with Crippen LogP contribution in [0.3, 0.4) is 0 Å². The number of halogens is 1. The van der Waals surface area contributed by atoms with E-state index in [2.05, 4.69) is 26.2 Å². The molecule has 19 heavy (non-hydrogen) atoms. The molecule has 1 aliphatic carbocycles. The summed E-state index contributed by atoms with van der Waals surface area (Å²) in [4.78, 5) is 15.9. The van der Waals surface area contributed by atoms with Gasteiger partial charge in [0.15, 0.2) is 0 Å². The summed E-state index contributed by atoms with van der Waals surface area (Å²) < 4.78 is 6.07. The molecule has 1 aromatic rings. The molecular formula is C14H17BrN2O2. The normalized spacial score (nSPS) is 27.6. The number of hydrogen-bond donors (Lipinski definition) is 1. The minimum Gasteiger partial charge on any atom is -0.466 e. The van der Waals surface area contributed by atoms with Crippen LogP contribution in [-0.2, 0) is 9.53 Å². The maximum atomic E-state index is 11.7. The molecule has 3 unspecified atom stereocenters. The summed E-state index contributed by atoms with van der Waals surface area (Å²) >= 11 is 3.53. The highest BCUT2D eigenvalue weighted by atomic mass is 79.9. The number of pyridine rings is 1. The fraction of sp³-hybridized carbons (Fsp3) is 0.571. The Labute approximate surface area is 121 Å². The largest absolute Gasteiger partial charge is 0.466 e. The fourth-order valence-corrected chi connectivity index (χ4v) is 3.82. The number of fused-ring (bicyclic) bond motifs is 3. The van der Waals surface area contributed by atoms with Crippen molar-refractivity contribution < 1.29 is 9.53 Å². The Morgan fingerprint density at radius 1 is 1.53 bits per heavy atom. The molecule has 0 spiro atoms. The summed E-state index contributed by atoms with van der Waals surface area (Å²) in [5.74, 6) is 0.769. The number of ether oxygens (including phenoxy) is 1. The Morgan fingerprint density at radius 2 is 2.37 bits per heavy atom. The van der Waals surface area contributed by atoms with Crippen LogP contribution in [0.15, 0.2) is 16.9 Å². The zero-order valence-corrected chi connectivity index (χ0v) is 12.4. The van der Waals surface area contributed by atoms with E-state index in [0.29, 0.717) is 30.9 Å². The van der Waals surface area contributed by atoms with Crippen molar-refractivity contribution in [1.29, 1.82) is 0 Å².